The van der Waals surface area contributed by atoms with Gasteiger partial charge in [0, 0.05) is 10.9 Å². The number of hydrogen-bond donors (Lipinski definition) is 3. The standard InChI is InChI=1S/C15H17NO3S/c1-10(11-4-2-5-12(17)8-11)16-13(9-15(18)19)14-6-3-7-20-14/h2-8,10,13,16-17H,9H2,1H3,(H,18,19). The predicted octanol–water partition coefficient (Wildman–Crippen LogP) is 3.32. The lowest BCUT2D eigenvalue weighted by atomic mass is 10.1. The van der Waals surface area contributed by atoms with Crippen LogP contribution in [0.5, 0.6) is 5.75 Å². The maximum absolute atomic E-state index is 11.0. The van der Waals surface area contributed by atoms with Gasteiger partial charge in [-0.3, -0.25) is 4.79 Å². The Hall–Kier alpha value is -1.85. The molecule has 0 bridgehead atoms. The largest absolute Gasteiger partial charge is 0.508 e. The highest BCUT2D eigenvalue weighted by molar-refractivity contribution is 7.10. The molecule has 4 nitrogen and oxygen atoms in total. The summed E-state index contributed by atoms with van der Waals surface area (Å²) >= 11 is 1.54. The third-order valence-corrected chi connectivity index (χ3v) is 4.07. The third kappa shape index (κ3) is 3.82. The summed E-state index contributed by atoms with van der Waals surface area (Å²) in [6.07, 6.45) is 0.0314. The number of aliphatic carboxylic acids is 1. The summed E-state index contributed by atoms with van der Waals surface area (Å²) in [6, 6.07) is 10.5. The molecule has 2 aromatic rings. The molecule has 1 aromatic heterocycles. The van der Waals surface area contributed by atoms with Crippen LogP contribution >= 0.6 is 11.3 Å². The number of hydrogen-bond acceptors (Lipinski definition) is 4. The Kier molecular flexibility index (Phi) is 4.76. The van der Waals surface area contributed by atoms with Gasteiger partial charge in [-0.1, -0.05) is 18.2 Å². The fraction of sp³-hybridized carbons (Fsp3) is 0.267. The van der Waals surface area contributed by atoms with Crippen molar-refractivity contribution in [1.29, 1.82) is 0 Å². The molecule has 3 N–H and O–H groups in total. The smallest absolute Gasteiger partial charge is 0.305 e. The van der Waals surface area contributed by atoms with Crippen LogP contribution in [0.1, 0.15) is 35.9 Å². The van der Waals surface area contributed by atoms with E-state index in [4.69, 9.17) is 5.11 Å². The minimum absolute atomic E-state index is 0.0314. The summed E-state index contributed by atoms with van der Waals surface area (Å²) < 4.78 is 0. The monoisotopic (exact) mass is 291 g/mol. The van der Waals surface area contributed by atoms with Gasteiger partial charge in [-0.15, -0.1) is 11.3 Å². The number of carboxylic acid groups (broad SMARTS) is 1. The molecule has 0 aliphatic carbocycles. The maximum Gasteiger partial charge on any atom is 0.305 e. The van der Waals surface area contributed by atoms with Gasteiger partial charge in [-0.05, 0) is 36.1 Å². The molecule has 5 heteroatoms. The Morgan fingerprint density at radius 1 is 1.35 bits per heavy atom. The quantitative estimate of drug-likeness (QED) is 0.763. The van der Waals surface area contributed by atoms with Crippen LogP contribution in [0.15, 0.2) is 41.8 Å². The van der Waals surface area contributed by atoms with Crippen LogP contribution < -0.4 is 5.32 Å². The number of phenolic OH excluding ortho intramolecular Hbond substituents is 1. The first-order valence-electron chi connectivity index (χ1n) is 6.36. The van der Waals surface area contributed by atoms with Gasteiger partial charge >= 0.3 is 5.97 Å². The molecule has 1 heterocycles. The van der Waals surface area contributed by atoms with Crippen LogP contribution in [0.2, 0.25) is 0 Å². The van der Waals surface area contributed by atoms with Gasteiger partial charge in [0.1, 0.15) is 5.75 Å². The van der Waals surface area contributed by atoms with Crippen LogP contribution in [0.25, 0.3) is 0 Å². The van der Waals surface area contributed by atoms with E-state index in [2.05, 4.69) is 5.32 Å². The first-order chi connectivity index (χ1) is 9.56. The summed E-state index contributed by atoms with van der Waals surface area (Å²) in [5.41, 5.74) is 0.928. The minimum Gasteiger partial charge on any atom is -0.508 e. The van der Waals surface area contributed by atoms with Gasteiger partial charge in [-0.2, -0.15) is 0 Å². The van der Waals surface area contributed by atoms with Crippen molar-refractivity contribution in [2.45, 2.75) is 25.4 Å². The zero-order valence-corrected chi connectivity index (χ0v) is 11.9. The second kappa shape index (κ2) is 6.54. The SMILES string of the molecule is CC(NC(CC(=O)O)c1cccs1)c1cccc(O)c1. The Balaban J connectivity index is 2.13. The number of thiophene rings is 1. The molecule has 0 radical (unpaired) electrons. The molecule has 2 rings (SSSR count). The number of aromatic hydroxyl groups is 1. The van der Waals surface area contributed by atoms with Gasteiger partial charge in [-0.25, -0.2) is 0 Å². The van der Waals surface area contributed by atoms with E-state index in [0.29, 0.717) is 0 Å². The first-order valence-corrected chi connectivity index (χ1v) is 7.24. The van der Waals surface area contributed by atoms with E-state index in [1.54, 1.807) is 18.2 Å². The molecule has 0 spiro atoms. The lowest BCUT2D eigenvalue weighted by Gasteiger charge is -2.21. The van der Waals surface area contributed by atoms with Crippen LogP contribution in [-0.2, 0) is 4.79 Å². The van der Waals surface area contributed by atoms with Crippen LogP contribution in [0, 0.1) is 0 Å². The van der Waals surface area contributed by atoms with E-state index in [-0.39, 0.29) is 24.3 Å². The summed E-state index contributed by atoms with van der Waals surface area (Å²) in [5, 5.41) is 23.8. The molecule has 0 saturated carbocycles. The van der Waals surface area contributed by atoms with Crippen LogP contribution in [-0.4, -0.2) is 16.2 Å². The second-order valence-electron chi connectivity index (χ2n) is 4.65. The van der Waals surface area contributed by atoms with Crippen molar-refractivity contribution in [1.82, 2.24) is 5.32 Å². The number of carbonyl (C=O) groups is 1. The number of carboxylic acids is 1. The van der Waals surface area contributed by atoms with Crippen molar-refractivity contribution in [2.24, 2.45) is 0 Å². The minimum atomic E-state index is -0.834. The van der Waals surface area contributed by atoms with Gasteiger partial charge < -0.3 is 15.5 Å². The molecular formula is C15H17NO3S. The average Bonchev–Trinajstić information content (AvgIpc) is 2.91. The average molecular weight is 291 g/mol. The van der Waals surface area contributed by atoms with E-state index in [1.807, 2.05) is 30.5 Å². The summed E-state index contributed by atoms with van der Waals surface area (Å²) in [5.74, 6) is -0.624. The van der Waals surface area contributed by atoms with Crippen molar-refractivity contribution < 1.29 is 15.0 Å². The van der Waals surface area contributed by atoms with Crippen molar-refractivity contribution in [3.63, 3.8) is 0 Å². The molecule has 0 fully saturated rings. The van der Waals surface area contributed by atoms with E-state index in [9.17, 15) is 9.90 Å². The zero-order chi connectivity index (χ0) is 14.5. The predicted molar refractivity (Wildman–Crippen MR) is 79.0 cm³/mol. The van der Waals surface area contributed by atoms with E-state index in [0.717, 1.165) is 10.4 Å². The van der Waals surface area contributed by atoms with Gasteiger partial charge in [0.25, 0.3) is 0 Å². The highest BCUT2D eigenvalue weighted by atomic mass is 32.1. The zero-order valence-electron chi connectivity index (χ0n) is 11.1. The second-order valence-corrected chi connectivity index (χ2v) is 5.63. The molecule has 2 unspecified atom stereocenters. The summed E-state index contributed by atoms with van der Waals surface area (Å²) in [6.45, 7) is 1.96. The highest BCUT2D eigenvalue weighted by Gasteiger charge is 2.19. The van der Waals surface area contributed by atoms with Crippen LogP contribution in [0.4, 0.5) is 0 Å². The molecule has 0 aliphatic heterocycles. The van der Waals surface area contributed by atoms with E-state index < -0.39 is 5.97 Å². The molecule has 2 atom stereocenters. The molecule has 0 aliphatic rings. The Labute approximate surface area is 121 Å². The van der Waals surface area contributed by atoms with Crippen molar-refractivity contribution in [2.75, 3.05) is 0 Å². The summed E-state index contributed by atoms with van der Waals surface area (Å²) in [7, 11) is 0. The number of phenols is 1. The third-order valence-electron chi connectivity index (χ3n) is 3.09. The Bertz CT molecular complexity index is 568. The maximum atomic E-state index is 11.0. The Morgan fingerprint density at radius 2 is 2.15 bits per heavy atom. The summed E-state index contributed by atoms with van der Waals surface area (Å²) in [4.78, 5) is 12.0. The lowest BCUT2D eigenvalue weighted by molar-refractivity contribution is -0.137. The van der Waals surface area contributed by atoms with Crippen molar-refractivity contribution >= 4 is 17.3 Å². The van der Waals surface area contributed by atoms with E-state index >= 15 is 0 Å². The molecule has 0 saturated heterocycles. The first kappa shape index (κ1) is 14.6. The molecule has 20 heavy (non-hydrogen) atoms. The molecule has 106 valence electrons. The fourth-order valence-electron chi connectivity index (χ4n) is 2.10. The molecule has 1 aromatic carbocycles. The van der Waals surface area contributed by atoms with Gasteiger partial charge in [0.2, 0.25) is 0 Å². The molecule has 0 amide bonds. The number of nitrogens with one attached hydrogen (secondary N) is 1. The van der Waals surface area contributed by atoms with Crippen molar-refractivity contribution in [3.05, 3.63) is 52.2 Å². The van der Waals surface area contributed by atoms with E-state index in [1.165, 1.54) is 11.3 Å². The van der Waals surface area contributed by atoms with Crippen LogP contribution in [0.3, 0.4) is 0 Å². The van der Waals surface area contributed by atoms with Crippen molar-refractivity contribution in [3.8, 4) is 5.75 Å². The number of benzene rings is 1. The van der Waals surface area contributed by atoms with Gasteiger partial charge in [0.15, 0.2) is 0 Å². The molecular weight excluding hydrogens is 274 g/mol. The lowest BCUT2D eigenvalue weighted by Crippen LogP contribution is -2.26. The topological polar surface area (TPSA) is 69.6 Å². The number of rotatable bonds is 6. The normalized spacial score (nSPS) is 13.8. The highest BCUT2D eigenvalue weighted by Crippen LogP contribution is 2.26. The Morgan fingerprint density at radius 3 is 2.75 bits per heavy atom. The van der Waals surface area contributed by atoms with Gasteiger partial charge in [0.05, 0.1) is 12.5 Å². The fourth-order valence-corrected chi connectivity index (χ4v) is 2.88.